The lowest BCUT2D eigenvalue weighted by Gasteiger charge is -2.36. The van der Waals surface area contributed by atoms with Crippen molar-refractivity contribution in [3.8, 4) is 11.5 Å². The Labute approximate surface area is 203 Å². The molecule has 0 spiro atoms. The highest BCUT2D eigenvalue weighted by Crippen LogP contribution is 2.48. The summed E-state index contributed by atoms with van der Waals surface area (Å²) in [4.78, 5) is 12.6. The van der Waals surface area contributed by atoms with E-state index < -0.39 is 14.3 Å². The first-order chi connectivity index (χ1) is 16.0. The van der Waals surface area contributed by atoms with Crippen molar-refractivity contribution < 1.29 is 19.1 Å². The van der Waals surface area contributed by atoms with Crippen LogP contribution in [0.2, 0.25) is 18.1 Å². The molecule has 176 valence electrons. The van der Waals surface area contributed by atoms with Gasteiger partial charge < -0.3 is 14.3 Å². The largest absolute Gasteiger partial charge is 0.544 e. The van der Waals surface area contributed by atoms with E-state index in [0.29, 0.717) is 5.57 Å². The molecule has 5 heteroatoms. The fraction of sp³-hybridized carbons (Fsp3) is 0.276. The normalized spacial score (nSPS) is 15.8. The number of methoxy groups -OCH3 is 1. The number of hydrogen-bond donors (Lipinski definition) is 1. The monoisotopic (exact) mass is 472 g/mol. The van der Waals surface area contributed by atoms with Crippen molar-refractivity contribution in [2.75, 3.05) is 7.11 Å². The molecule has 1 atom stereocenters. The number of rotatable bonds is 6. The summed E-state index contributed by atoms with van der Waals surface area (Å²) in [5, 5.41) is 10.4. The smallest absolute Gasteiger partial charge is 0.333 e. The quantitative estimate of drug-likeness (QED) is 0.388. The highest BCUT2D eigenvalue weighted by Gasteiger charge is 2.39. The Morgan fingerprint density at radius 3 is 2.03 bits per heavy atom. The van der Waals surface area contributed by atoms with Gasteiger partial charge in [0, 0.05) is 11.5 Å². The van der Waals surface area contributed by atoms with E-state index in [4.69, 9.17) is 9.16 Å². The number of ether oxygens (including phenoxy) is 1. The van der Waals surface area contributed by atoms with Gasteiger partial charge in [0.25, 0.3) is 0 Å². The average Bonchev–Trinajstić information content (AvgIpc) is 3.14. The number of benzene rings is 3. The topological polar surface area (TPSA) is 55.8 Å². The van der Waals surface area contributed by atoms with Crippen molar-refractivity contribution in [3.63, 3.8) is 0 Å². The molecule has 0 aromatic heterocycles. The second-order valence-corrected chi connectivity index (χ2v) is 15.0. The van der Waals surface area contributed by atoms with Gasteiger partial charge in [-0.1, -0.05) is 69.3 Å². The Kier molecular flexibility index (Phi) is 6.17. The van der Waals surface area contributed by atoms with E-state index >= 15 is 0 Å². The first-order valence-electron chi connectivity index (χ1n) is 11.5. The second-order valence-electron chi connectivity index (χ2n) is 10.3. The van der Waals surface area contributed by atoms with Crippen molar-refractivity contribution in [1.82, 2.24) is 0 Å². The lowest BCUT2D eigenvalue weighted by atomic mass is 9.88. The Balaban J connectivity index is 1.79. The third-order valence-electron chi connectivity index (χ3n) is 7.10. The van der Waals surface area contributed by atoms with Gasteiger partial charge in [-0.25, -0.2) is 4.79 Å². The summed E-state index contributed by atoms with van der Waals surface area (Å²) in [5.74, 6) is 0.306. The van der Waals surface area contributed by atoms with Crippen molar-refractivity contribution in [2.45, 2.75) is 44.8 Å². The van der Waals surface area contributed by atoms with Gasteiger partial charge in [-0.3, -0.25) is 0 Å². The molecule has 1 unspecified atom stereocenters. The Morgan fingerprint density at radius 1 is 0.882 bits per heavy atom. The zero-order chi connectivity index (χ0) is 24.7. The number of carbonyl (C=O) groups is 1. The molecule has 34 heavy (non-hydrogen) atoms. The van der Waals surface area contributed by atoms with Crippen molar-refractivity contribution in [3.05, 3.63) is 101 Å². The van der Waals surface area contributed by atoms with Gasteiger partial charge in [0.2, 0.25) is 8.32 Å². The lowest BCUT2D eigenvalue weighted by molar-refractivity contribution is -0.132. The molecular formula is C29H32O4Si. The van der Waals surface area contributed by atoms with E-state index in [2.05, 4.69) is 33.9 Å². The molecule has 0 heterocycles. The Bertz CT molecular complexity index is 1230. The van der Waals surface area contributed by atoms with Crippen LogP contribution in [0.25, 0.3) is 5.57 Å². The van der Waals surface area contributed by atoms with Crippen LogP contribution in [0, 0.1) is 0 Å². The molecule has 0 aliphatic heterocycles. The minimum absolute atomic E-state index is 0.0997. The summed E-state index contributed by atoms with van der Waals surface area (Å²) in [6.07, 6.45) is 0. The Hall–Kier alpha value is -3.31. The average molecular weight is 473 g/mol. The van der Waals surface area contributed by atoms with Crippen LogP contribution in [0.5, 0.6) is 11.5 Å². The molecule has 4 rings (SSSR count). The van der Waals surface area contributed by atoms with E-state index in [1.807, 2.05) is 72.8 Å². The molecule has 3 aromatic rings. The summed E-state index contributed by atoms with van der Waals surface area (Å²) in [6, 6.07) is 23.5. The summed E-state index contributed by atoms with van der Waals surface area (Å²) in [6.45, 7) is 11.1. The fourth-order valence-electron chi connectivity index (χ4n) is 4.24. The molecule has 3 aromatic carbocycles. The van der Waals surface area contributed by atoms with Gasteiger partial charge in [-0.15, -0.1) is 0 Å². The zero-order valence-electron chi connectivity index (χ0n) is 20.7. The second kappa shape index (κ2) is 8.80. The van der Waals surface area contributed by atoms with E-state index in [1.54, 1.807) is 7.11 Å². The van der Waals surface area contributed by atoms with Crippen LogP contribution in [-0.4, -0.2) is 26.5 Å². The highest BCUT2D eigenvalue weighted by atomic mass is 28.4. The van der Waals surface area contributed by atoms with E-state index in [-0.39, 0.29) is 11.0 Å². The van der Waals surface area contributed by atoms with Gasteiger partial charge in [-0.05, 0) is 64.7 Å². The van der Waals surface area contributed by atoms with Crippen molar-refractivity contribution in [2.24, 2.45) is 0 Å². The first kappa shape index (κ1) is 23.8. The van der Waals surface area contributed by atoms with Crippen LogP contribution < -0.4 is 9.16 Å². The number of fused-ring (bicyclic) bond motifs is 1. The van der Waals surface area contributed by atoms with Crippen LogP contribution in [0.4, 0.5) is 0 Å². The van der Waals surface area contributed by atoms with E-state index in [0.717, 1.165) is 39.3 Å². The first-order valence-corrected chi connectivity index (χ1v) is 14.4. The molecule has 4 nitrogen and oxygen atoms in total. The molecule has 0 saturated heterocycles. The molecule has 0 amide bonds. The van der Waals surface area contributed by atoms with Gasteiger partial charge in [0.15, 0.2) is 0 Å². The minimum atomic E-state index is -1.96. The predicted octanol–water partition coefficient (Wildman–Crippen LogP) is 7.11. The van der Waals surface area contributed by atoms with Crippen LogP contribution in [0.3, 0.4) is 0 Å². The fourth-order valence-corrected chi connectivity index (χ4v) is 5.27. The summed E-state index contributed by atoms with van der Waals surface area (Å²) in [5.41, 5.74) is 4.92. The number of aliphatic carboxylic acids is 1. The van der Waals surface area contributed by atoms with Gasteiger partial charge in [0.1, 0.15) is 11.5 Å². The molecule has 1 aliphatic rings. The van der Waals surface area contributed by atoms with Crippen LogP contribution in [-0.2, 0) is 4.79 Å². The maximum Gasteiger partial charge on any atom is 0.333 e. The summed E-state index contributed by atoms with van der Waals surface area (Å²) < 4.78 is 11.7. The zero-order valence-corrected chi connectivity index (χ0v) is 21.7. The SMILES string of the molecule is COc1ccc(C2=C(C(=O)O)C(c3ccc(O[Si](C)(C)C(C)(C)C)cc3)c3ccccc32)cc1. The number of hydrogen-bond acceptors (Lipinski definition) is 3. The third-order valence-corrected chi connectivity index (χ3v) is 11.5. The third kappa shape index (κ3) is 4.28. The highest BCUT2D eigenvalue weighted by molar-refractivity contribution is 6.74. The molecule has 0 fully saturated rings. The van der Waals surface area contributed by atoms with Crippen LogP contribution >= 0.6 is 0 Å². The van der Waals surface area contributed by atoms with E-state index in [9.17, 15) is 9.90 Å². The number of carboxylic acids is 1. The lowest BCUT2D eigenvalue weighted by Crippen LogP contribution is -2.43. The number of carboxylic acid groups (broad SMARTS) is 1. The molecule has 1 N–H and O–H groups in total. The molecule has 0 saturated carbocycles. The summed E-state index contributed by atoms with van der Waals surface area (Å²) >= 11 is 0. The Morgan fingerprint density at radius 2 is 1.47 bits per heavy atom. The molecule has 0 radical (unpaired) electrons. The standard InChI is InChI=1S/C29H32O4Si/c1-29(2,3)34(5,6)33-22-17-13-20(14-18-22)26-24-10-8-7-9-23(24)25(27(26)28(30)31)19-11-15-21(32-4)16-12-19/h7-18,26H,1-6H3,(H,30,31). The maximum absolute atomic E-state index is 12.6. The molecule has 1 aliphatic carbocycles. The maximum atomic E-state index is 12.6. The van der Waals surface area contributed by atoms with Crippen molar-refractivity contribution >= 4 is 19.9 Å². The molecular weight excluding hydrogens is 440 g/mol. The van der Waals surface area contributed by atoms with Gasteiger partial charge in [-0.2, -0.15) is 0 Å². The predicted molar refractivity (Wildman–Crippen MR) is 139 cm³/mol. The van der Waals surface area contributed by atoms with E-state index in [1.165, 1.54) is 0 Å². The minimum Gasteiger partial charge on any atom is -0.544 e. The van der Waals surface area contributed by atoms with Crippen LogP contribution in [0.1, 0.15) is 48.9 Å². The molecule has 0 bridgehead atoms. The van der Waals surface area contributed by atoms with Crippen LogP contribution in [0.15, 0.2) is 78.4 Å². The van der Waals surface area contributed by atoms with Gasteiger partial charge >= 0.3 is 5.97 Å². The summed E-state index contributed by atoms with van der Waals surface area (Å²) in [7, 11) is -0.339. The van der Waals surface area contributed by atoms with Crippen molar-refractivity contribution in [1.29, 1.82) is 0 Å². The van der Waals surface area contributed by atoms with Gasteiger partial charge in [0.05, 0.1) is 12.7 Å².